The molecule has 0 saturated heterocycles. The average molecular weight is 313 g/mol. The third-order valence-corrected chi connectivity index (χ3v) is 2.96. The van der Waals surface area contributed by atoms with Crippen LogP contribution in [0.2, 0.25) is 5.02 Å². The van der Waals surface area contributed by atoms with Crippen molar-refractivity contribution in [2.45, 2.75) is 25.6 Å². The second-order valence-electron chi connectivity index (χ2n) is 4.36. The average Bonchev–Trinajstić information content (AvgIpc) is 2.59. The Morgan fingerprint density at radius 1 is 1.37 bits per heavy atom. The molecule has 0 fully saturated rings. The lowest BCUT2D eigenvalue weighted by Crippen LogP contribution is -2.17. The topological polar surface area (TPSA) is 41.8 Å². The number of fused-ring (bicyclic) bond motifs is 1. The number of nitrogens with two attached hydrogens (primary N) is 1. The molecule has 0 radical (unpaired) electrons. The molecule has 2 rings (SSSR count). The molecule has 1 aromatic heterocycles. The molecule has 7 heteroatoms. The molecule has 0 saturated carbocycles. The monoisotopic (exact) mass is 312 g/mol. The van der Waals surface area contributed by atoms with Crippen molar-refractivity contribution in [1.82, 2.24) is 4.98 Å². The van der Waals surface area contributed by atoms with E-state index >= 15 is 0 Å². The second-order valence-corrected chi connectivity index (χ2v) is 4.76. The van der Waals surface area contributed by atoms with Crippen molar-refractivity contribution in [2.75, 3.05) is 0 Å². The summed E-state index contributed by atoms with van der Waals surface area (Å²) in [4.78, 5) is 2.90. The minimum absolute atomic E-state index is 0. The minimum Gasteiger partial charge on any atom is -0.357 e. The Morgan fingerprint density at radius 3 is 2.53 bits per heavy atom. The van der Waals surface area contributed by atoms with E-state index in [1.54, 1.807) is 6.92 Å². The maximum atomic E-state index is 12.8. The number of aromatic nitrogens is 1. The van der Waals surface area contributed by atoms with Gasteiger partial charge in [0, 0.05) is 23.5 Å². The first-order chi connectivity index (χ1) is 8.29. The van der Waals surface area contributed by atoms with Crippen molar-refractivity contribution >= 4 is 34.9 Å². The van der Waals surface area contributed by atoms with Crippen molar-refractivity contribution in [1.29, 1.82) is 0 Å². The molecule has 1 aromatic carbocycles. The summed E-state index contributed by atoms with van der Waals surface area (Å²) >= 11 is 5.90. The number of hydrogen-bond acceptors (Lipinski definition) is 1. The van der Waals surface area contributed by atoms with Crippen LogP contribution in [0.25, 0.3) is 10.9 Å². The van der Waals surface area contributed by atoms with E-state index in [4.69, 9.17) is 17.3 Å². The Morgan fingerprint density at radius 2 is 2.00 bits per heavy atom. The SMILES string of the molecule is CC(N)Cc1cc2c(C(F)(F)F)ccc(Cl)c2[nH]1.Cl. The Kier molecular flexibility index (Phi) is 4.76. The maximum Gasteiger partial charge on any atom is 0.417 e. The van der Waals surface area contributed by atoms with Gasteiger partial charge in [0.25, 0.3) is 0 Å². The number of nitrogens with one attached hydrogen (secondary N) is 1. The van der Waals surface area contributed by atoms with Gasteiger partial charge < -0.3 is 10.7 Å². The number of halogens is 5. The predicted molar refractivity (Wildman–Crippen MR) is 72.9 cm³/mol. The summed E-state index contributed by atoms with van der Waals surface area (Å²) in [5, 5.41) is 0.361. The fraction of sp³-hybridized carbons (Fsp3) is 0.333. The highest BCUT2D eigenvalue weighted by atomic mass is 35.5. The maximum absolute atomic E-state index is 12.8. The van der Waals surface area contributed by atoms with Crippen molar-refractivity contribution < 1.29 is 13.2 Å². The zero-order valence-corrected chi connectivity index (χ0v) is 11.6. The first-order valence-corrected chi connectivity index (χ1v) is 5.79. The van der Waals surface area contributed by atoms with E-state index < -0.39 is 11.7 Å². The van der Waals surface area contributed by atoms with Crippen molar-refractivity contribution in [3.8, 4) is 0 Å². The number of H-pyrrole nitrogens is 1. The highest BCUT2D eigenvalue weighted by Crippen LogP contribution is 2.37. The lowest BCUT2D eigenvalue weighted by molar-refractivity contribution is -0.136. The zero-order valence-electron chi connectivity index (χ0n) is 10.0. The molecule has 0 spiro atoms. The van der Waals surface area contributed by atoms with Gasteiger partial charge in [0.1, 0.15) is 0 Å². The molecule has 1 atom stereocenters. The van der Waals surface area contributed by atoms with Gasteiger partial charge in [-0.15, -0.1) is 12.4 Å². The summed E-state index contributed by atoms with van der Waals surface area (Å²) in [7, 11) is 0. The molecule has 0 aliphatic carbocycles. The highest BCUT2D eigenvalue weighted by molar-refractivity contribution is 6.35. The van der Waals surface area contributed by atoms with Crippen LogP contribution in [0.15, 0.2) is 18.2 Å². The fourth-order valence-corrected chi connectivity index (χ4v) is 2.16. The fourth-order valence-electron chi connectivity index (χ4n) is 1.94. The first kappa shape index (κ1) is 16.1. The lowest BCUT2D eigenvalue weighted by Gasteiger charge is -2.08. The molecular weight excluding hydrogens is 300 g/mol. The lowest BCUT2D eigenvalue weighted by atomic mass is 10.1. The smallest absolute Gasteiger partial charge is 0.357 e. The van der Waals surface area contributed by atoms with Gasteiger partial charge in [-0.1, -0.05) is 11.6 Å². The Balaban J connectivity index is 0.00000180. The summed E-state index contributed by atoms with van der Waals surface area (Å²) in [6.45, 7) is 1.79. The predicted octanol–water partition coefficient (Wildman–Crippen LogP) is 4.15. The Labute approximate surface area is 119 Å². The van der Waals surface area contributed by atoms with Crippen LogP contribution in [0.3, 0.4) is 0 Å². The molecule has 3 N–H and O–H groups in total. The summed E-state index contributed by atoms with van der Waals surface area (Å²) in [5.74, 6) is 0. The summed E-state index contributed by atoms with van der Waals surface area (Å²) in [6.07, 6.45) is -3.92. The molecule has 2 nitrogen and oxygen atoms in total. The van der Waals surface area contributed by atoms with E-state index in [0.29, 0.717) is 17.6 Å². The quantitative estimate of drug-likeness (QED) is 0.859. The van der Waals surface area contributed by atoms with Crippen LogP contribution in [-0.2, 0) is 12.6 Å². The molecule has 1 heterocycles. The van der Waals surface area contributed by atoms with Crippen LogP contribution in [0.4, 0.5) is 13.2 Å². The van der Waals surface area contributed by atoms with Gasteiger partial charge in [0.05, 0.1) is 16.1 Å². The van der Waals surface area contributed by atoms with E-state index in [2.05, 4.69) is 4.98 Å². The molecule has 19 heavy (non-hydrogen) atoms. The standard InChI is InChI=1S/C12H12ClF3N2.ClH/c1-6(17)4-7-5-8-9(12(14,15)16)2-3-10(13)11(8)18-7;/h2-3,5-6,18H,4,17H2,1H3;1H. The van der Waals surface area contributed by atoms with Crippen LogP contribution in [0.5, 0.6) is 0 Å². The largest absolute Gasteiger partial charge is 0.417 e. The van der Waals surface area contributed by atoms with Gasteiger partial charge in [-0.05, 0) is 25.1 Å². The van der Waals surface area contributed by atoms with E-state index in [0.717, 1.165) is 6.07 Å². The van der Waals surface area contributed by atoms with Crippen LogP contribution >= 0.6 is 24.0 Å². The summed E-state index contributed by atoms with van der Waals surface area (Å²) in [6, 6.07) is 3.58. The molecule has 1 unspecified atom stereocenters. The third-order valence-electron chi connectivity index (χ3n) is 2.65. The van der Waals surface area contributed by atoms with Gasteiger partial charge in [-0.25, -0.2) is 0 Å². The van der Waals surface area contributed by atoms with Gasteiger partial charge in [0.2, 0.25) is 0 Å². The highest BCUT2D eigenvalue weighted by Gasteiger charge is 2.33. The van der Waals surface area contributed by atoms with Crippen LogP contribution in [-0.4, -0.2) is 11.0 Å². The van der Waals surface area contributed by atoms with Crippen LogP contribution in [0, 0.1) is 0 Å². The zero-order chi connectivity index (χ0) is 13.5. The summed E-state index contributed by atoms with van der Waals surface area (Å²) in [5.41, 5.74) is 5.91. The molecule has 0 bridgehead atoms. The van der Waals surface area contributed by atoms with E-state index in [-0.39, 0.29) is 28.9 Å². The van der Waals surface area contributed by atoms with Gasteiger partial charge >= 0.3 is 6.18 Å². The third kappa shape index (κ3) is 3.35. The molecular formula is C12H13Cl2F3N2. The molecule has 0 amide bonds. The van der Waals surface area contributed by atoms with E-state index in [1.807, 2.05) is 0 Å². The number of alkyl halides is 3. The molecule has 0 aliphatic heterocycles. The molecule has 2 aromatic rings. The summed E-state index contributed by atoms with van der Waals surface area (Å²) < 4.78 is 38.5. The van der Waals surface area contributed by atoms with Crippen LogP contribution in [0.1, 0.15) is 18.2 Å². The number of rotatable bonds is 2. The van der Waals surface area contributed by atoms with Crippen molar-refractivity contribution in [2.24, 2.45) is 5.73 Å². The number of benzene rings is 1. The van der Waals surface area contributed by atoms with Crippen molar-refractivity contribution in [3.05, 3.63) is 34.5 Å². The van der Waals surface area contributed by atoms with E-state index in [9.17, 15) is 13.2 Å². The Hall–Kier alpha value is -0.910. The number of hydrogen-bond donors (Lipinski definition) is 2. The van der Waals surface area contributed by atoms with Gasteiger partial charge in [0.15, 0.2) is 0 Å². The molecule has 106 valence electrons. The van der Waals surface area contributed by atoms with E-state index in [1.165, 1.54) is 12.1 Å². The minimum atomic E-state index is -4.39. The van der Waals surface area contributed by atoms with Crippen LogP contribution < -0.4 is 5.73 Å². The normalized spacial score (nSPS) is 13.4. The van der Waals surface area contributed by atoms with Gasteiger partial charge in [-0.3, -0.25) is 0 Å². The van der Waals surface area contributed by atoms with Crippen molar-refractivity contribution in [3.63, 3.8) is 0 Å². The number of aromatic amines is 1. The Bertz CT molecular complexity index is 576. The second kappa shape index (κ2) is 5.61. The van der Waals surface area contributed by atoms with Gasteiger partial charge in [-0.2, -0.15) is 13.2 Å². The first-order valence-electron chi connectivity index (χ1n) is 5.42. The molecule has 0 aliphatic rings.